The average Bonchev–Trinajstić information content (AvgIpc) is 2.28. The van der Waals surface area contributed by atoms with Crippen molar-refractivity contribution in [3.63, 3.8) is 0 Å². The van der Waals surface area contributed by atoms with E-state index in [9.17, 15) is 4.39 Å². The summed E-state index contributed by atoms with van der Waals surface area (Å²) in [5.41, 5.74) is 0.604. The van der Waals surface area contributed by atoms with Gasteiger partial charge in [-0.05, 0) is 38.1 Å². The van der Waals surface area contributed by atoms with Gasteiger partial charge in [0, 0.05) is 23.0 Å². The van der Waals surface area contributed by atoms with E-state index in [0.717, 1.165) is 12.8 Å². The van der Waals surface area contributed by atoms with Gasteiger partial charge >= 0.3 is 0 Å². The van der Waals surface area contributed by atoms with Crippen LogP contribution in [0.5, 0.6) is 0 Å². The number of hydrogen-bond donors (Lipinski definition) is 1. The molecule has 16 heavy (non-hydrogen) atoms. The topological polar surface area (TPSA) is 12.0 Å². The molecule has 1 atom stereocenters. The van der Waals surface area contributed by atoms with E-state index in [1.165, 1.54) is 6.07 Å². The minimum absolute atomic E-state index is 0.0351. The molecule has 1 N–H and O–H groups in total. The lowest BCUT2D eigenvalue weighted by molar-refractivity contribution is 0.498. The Balaban J connectivity index is 2.78. The van der Waals surface area contributed by atoms with Crippen molar-refractivity contribution in [2.24, 2.45) is 0 Å². The molecule has 1 aromatic carbocycles. The Kier molecular flexibility index (Phi) is 5.31. The third kappa shape index (κ3) is 3.52. The second-order valence-electron chi connectivity index (χ2n) is 3.60. The highest BCUT2D eigenvalue weighted by atomic mass is 35.5. The van der Waals surface area contributed by atoms with E-state index in [1.54, 1.807) is 19.2 Å². The van der Waals surface area contributed by atoms with Gasteiger partial charge in [-0.15, -0.1) is 12.3 Å². The number of nitrogens with one attached hydrogen (secondary N) is 1. The lowest BCUT2D eigenvalue weighted by Crippen LogP contribution is -2.17. The Labute approximate surface area is 101 Å². The molecule has 0 radical (unpaired) electrons. The van der Waals surface area contributed by atoms with Gasteiger partial charge in [0.25, 0.3) is 0 Å². The van der Waals surface area contributed by atoms with Crippen LogP contribution >= 0.6 is 11.6 Å². The second-order valence-corrected chi connectivity index (χ2v) is 4.04. The van der Waals surface area contributed by atoms with Crippen LogP contribution in [-0.2, 0) is 0 Å². The molecule has 1 unspecified atom stereocenters. The molecule has 1 rings (SSSR count). The summed E-state index contributed by atoms with van der Waals surface area (Å²) in [6.07, 6.45) is 7.56. The van der Waals surface area contributed by atoms with Gasteiger partial charge in [-0.2, -0.15) is 0 Å². The van der Waals surface area contributed by atoms with Crippen LogP contribution in [-0.4, -0.2) is 7.05 Å². The van der Waals surface area contributed by atoms with Crippen LogP contribution in [0.3, 0.4) is 0 Å². The molecule has 0 fully saturated rings. The quantitative estimate of drug-likeness (QED) is 0.612. The fourth-order valence-electron chi connectivity index (χ4n) is 1.65. The minimum atomic E-state index is -0.232. The summed E-state index contributed by atoms with van der Waals surface area (Å²) in [5.74, 6) is 2.35. The highest BCUT2D eigenvalue weighted by Gasteiger charge is 2.13. The standard InChI is InChI=1S/C13H15ClFN/c1-3-4-5-6-13(16-2)11-9-10(14)7-8-12(11)15/h1,7-9,13,16H,4-6H2,2H3. The van der Waals surface area contributed by atoms with Crippen molar-refractivity contribution in [2.45, 2.75) is 25.3 Å². The Morgan fingerprint density at radius 3 is 2.94 bits per heavy atom. The number of rotatable bonds is 5. The van der Waals surface area contributed by atoms with Crippen molar-refractivity contribution in [3.05, 3.63) is 34.6 Å². The highest BCUT2D eigenvalue weighted by Crippen LogP contribution is 2.24. The third-order valence-electron chi connectivity index (χ3n) is 2.50. The summed E-state index contributed by atoms with van der Waals surface area (Å²) in [6.45, 7) is 0. The second kappa shape index (κ2) is 6.52. The van der Waals surface area contributed by atoms with Crippen LogP contribution < -0.4 is 5.32 Å². The van der Waals surface area contributed by atoms with Crippen molar-refractivity contribution >= 4 is 11.6 Å². The Bertz CT molecular complexity index is 384. The van der Waals surface area contributed by atoms with Crippen LogP contribution in [0.15, 0.2) is 18.2 Å². The summed E-state index contributed by atoms with van der Waals surface area (Å²) in [5, 5.41) is 3.63. The molecule has 0 amide bonds. The first-order valence-corrected chi connectivity index (χ1v) is 5.62. The summed E-state index contributed by atoms with van der Waals surface area (Å²) >= 11 is 5.85. The summed E-state index contributed by atoms with van der Waals surface area (Å²) in [6, 6.07) is 4.57. The fraction of sp³-hybridized carbons (Fsp3) is 0.385. The molecule has 0 spiro atoms. The number of benzene rings is 1. The molecule has 3 heteroatoms. The molecule has 0 saturated carbocycles. The van der Waals surface area contributed by atoms with E-state index in [-0.39, 0.29) is 11.9 Å². The van der Waals surface area contributed by atoms with Crippen LogP contribution in [0.25, 0.3) is 0 Å². The number of unbranched alkanes of at least 4 members (excludes halogenated alkanes) is 1. The molecule has 0 aliphatic carbocycles. The number of hydrogen-bond acceptors (Lipinski definition) is 1. The normalized spacial score (nSPS) is 12.1. The molecular weight excluding hydrogens is 225 g/mol. The van der Waals surface area contributed by atoms with Gasteiger partial charge in [0.05, 0.1) is 0 Å². The SMILES string of the molecule is C#CCCCC(NC)c1cc(Cl)ccc1F. The zero-order chi connectivity index (χ0) is 12.0. The number of terminal acetylenes is 1. The molecule has 0 heterocycles. The summed E-state index contributed by atoms with van der Waals surface area (Å²) in [7, 11) is 1.81. The minimum Gasteiger partial charge on any atom is -0.313 e. The van der Waals surface area contributed by atoms with Gasteiger partial charge < -0.3 is 5.32 Å². The van der Waals surface area contributed by atoms with Crippen molar-refractivity contribution < 1.29 is 4.39 Å². The largest absolute Gasteiger partial charge is 0.313 e. The smallest absolute Gasteiger partial charge is 0.128 e. The van der Waals surface area contributed by atoms with Gasteiger partial charge in [-0.1, -0.05) is 11.6 Å². The summed E-state index contributed by atoms with van der Waals surface area (Å²) < 4.78 is 13.6. The van der Waals surface area contributed by atoms with E-state index in [0.29, 0.717) is 17.0 Å². The Morgan fingerprint density at radius 2 is 2.31 bits per heavy atom. The van der Waals surface area contributed by atoms with Crippen molar-refractivity contribution in [1.29, 1.82) is 0 Å². The fourth-order valence-corrected chi connectivity index (χ4v) is 1.83. The molecule has 1 aromatic rings. The van der Waals surface area contributed by atoms with Gasteiger partial charge in [-0.3, -0.25) is 0 Å². The summed E-state index contributed by atoms with van der Waals surface area (Å²) in [4.78, 5) is 0. The van der Waals surface area contributed by atoms with Crippen molar-refractivity contribution in [3.8, 4) is 12.3 Å². The first-order chi connectivity index (χ1) is 7.69. The maximum absolute atomic E-state index is 13.6. The van der Waals surface area contributed by atoms with E-state index in [2.05, 4.69) is 11.2 Å². The van der Waals surface area contributed by atoms with Crippen LogP contribution in [0, 0.1) is 18.2 Å². The van der Waals surface area contributed by atoms with E-state index in [1.807, 2.05) is 0 Å². The van der Waals surface area contributed by atoms with Gasteiger partial charge in [0.1, 0.15) is 5.82 Å². The Hall–Kier alpha value is -1.04. The predicted molar refractivity (Wildman–Crippen MR) is 65.9 cm³/mol. The molecule has 0 aliphatic heterocycles. The molecule has 0 aliphatic rings. The highest BCUT2D eigenvalue weighted by molar-refractivity contribution is 6.30. The zero-order valence-electron chi connectivity index (χ0n) is 9.26. The van der Waals surface area contributed by atoms with Gasteiger partial charge in [0.15, 0.2) is 0 Å². The van der Waals surface area contributed by atoms with Gasteiger partial charge in [-0.25, -0.2) is 4.39 Å². The molecule has 0 bridgehead atoms. The molecular formula is C13H15ClFN. The maximum atomic E-state index is 13.6. The van der Waals surface area contributed by atoms with Crippen molar-refractivity contribution in [2.75, 3.05) is 7.05 Å². The molecule has 0 saturated heterocycles. The Morgan fingerprint density at radius 1 is 1.56 bits per heavy atom. The zero-order valence-corrected chi connectivity index (χ0v) is 10.0. The lowest BCUT2D eigenvalue weighted by atomic mass is 10.0. The third-order valence-corrected chi connectivity index (χ3v) is 2.73. The average molecular weight is 240 g/mol. The molecule has 86 valence electrons. The first-order valence-electron chi connectivity index (χ1n) is 5.24. The predicted octanol–water partition coefficient (Wildman–Crippen LogP) is 3.54. The van der Waals surface area contributed by atoms with Gasteiger partial charge in [0.2, 0.25) is 0 Å². The molecule has 0 aromatic heterocycles. The first kappa shape index (κ1) is 13.0. The van der Waals surface area contributed by atoms with Crippen LogP contribution in [0.2, 0.25) is 5.02 Å². The van der Waals surface area contributed by atoms with Crippen molar-refractivity contribution in [1.82, 2.24) is 5.32 Å². The molecule has 1 nitrogen and oxygen atoms in total. The van der Waals surface area contributed by atoms with Crippen LogP contribution in [0.4, 0.5) is 4.39 Å². The number of halogens is 2. The lowest BCUT2D eigenvalue weighted by Gasteiger charge is -2.17. The van der Waals surface area contributed by atoms with E-state index in [4.69, 9.17) is 18.0 Å². The monoisotopic (exact) mass is 239 g/mol. The maximum Gasteiger partial charge on any atom is 0.128 e. The van der Waals surface area contributed by atoms with E-state index >= 15 is 0 Å². The van der Waals surface area contributed by atoms with Crippen LogP contribution in [0.1, 0.15) is 30.9 Å². The van der Waals surface area contributed by atoms with E-state index < -0.39 is 0 Å².